The van der Waals surface area contributed by atoms with Crippen LogP contribution in [0.25, 0.3) is 10.2 Å². The Kier molecular flexibility index (Phi) is 4.22. The highest BCUT2D eigenvalue weighted by Crippen LogP contribution is 2.33. The van der Waals surface area contributed by atoms with Gasteiger partial charge in [0.15, 0.2) is 0 Å². The molecule has 4 nitrogen and oxygen atoms in total. The van der Waals surface area contributed by atoms with Crippen LogP contribution in [-0.2, 0) is 6.18 Å². The van der Waals surface area contributed by atoms with Gasteiger partial charge in [0.05, 0.1) is 10.9 Å². The van der Waals surface area contributed by atoms with Gasteiger partial charge in [-0.1, -0.05) is 0 Å². The number of alkyl halides is 3. The fourth-order valence-corrected chi connectivity index (χ4v) is 4.16. The third-order valence-electron chi connectivity index (χ3n) is 4.67. The lowest BCUT2D eigenvalue weighted by Crippen LogP contribution is -2.47. The Balaban J connectivity index is 1.49. The molecule has 4 rings (SSSR count). The van der Waals surface area contributed by atoms with Gasteiger partial charge < -0.3 is 9.80 Å². The molecule has 1 saturated heterocycles. The predicted octanol–water partition coefficient (Wildman–Crippen LogP) is 4.35. The first-order valence-corrected chi connectivity index (χ1v) is 9.17. The Labute approximate surface area is 152 Å². The number of aromatic nitrogens is 2. The van der Waals surface area contributed by atoms with Crippen molar-refractivity contribution >= 4 is 33.1 Å². The van der Waals surface area contributed by atoms with E-state index >= 15 is 0 Å². The lowest BCUT2D eigenvalue weighted by atomic mass is 10.1. The van der Waals surface area contributed by atoms with Crippen molar-refractivity contribution in [3.63, 3.8) is 0 Å². The van der Waals surface area contributed by atoms with Crippen LogP contribution in [0.2, 0.25) is 0 Å². The first kappa shape index (κ1) is 17.1. The normalized spacial score (nSPS) is 15.7. The van der Waals surface area contributed by atoms with Crippen molar-refractivity contribution in [2.75, 3.05) is 36.0 Å². The molecule has 0 atom stereocenters. The Bertz CT molecular complexity index is 912. The summed E-state index contributed by atoms with van der Waals surface area (Å²) in [6.45, 7) is 5.06. The van der Waals surface area contributed by atoms with Gasteiger partial charge in [0.25, 0.3) is 0 Å². The third-order valence-corrected chi connectivity index (χ3v) is 5.68. The van der Waals surface area contributed by atoms with E-state index in [0.29, 0.717) is 0 Å². The Hall–Kier alpha value is -2.35. The van der Waals surface area contributed by atoms with Crippen LogP contribution in [0.5, 0.6) is 0 Å². The van der Waals surface area contributed by atoms with Crippen LogP contribution >= 0.6 is 11.3 Å². The summed E-state index contributed by atoms with van der Waals surface area (Å²) in [4.78, 5) is 14.1. The molecule has 3 aromatic rings. The molecule has 0 amide bonds. The molecular formula is C18H17F3N4S. The summed E-state index contributed by atoms with van der Waals surface area (Å²) in [6.07, 6.45) is -2.70. The van der Waals surface area contributed by atoms with E-state index in [0.717, 1.165) is 60.0 Å². The molecule has 8 heteroatoms. The second-order valence-corrected chi connectivity index (χ2v) is 7.17. The molecule has 1 fully saturated rings. The average Bonchev–Trinajstić information content (AvgIpc) is 3.03. The van der Waals surface area contributed by atoms with E-state index in [-0.39, 0.29) is 0 Å². The number of aryl methyl sites for hydroxylation is 1. The zero-order valence-electron chi connectivity index (χ0n) is 14.1. The summed E-state index contributed by atoms with van der Waals surface area (Å²) in [7, 11) is 0. The van der Waals surface area contributed by atoms with Gasteiger partial charge in [0.2, 0.25) is 0 Å². The standard InChI is InChI=1S/C18H17F3N4S/c1-12-10-26-17-15(12)16(22-11-23-17)25-8-6-24(7-9-25)14-4-2-13(3-5-14)18(19,20)21/h2-5,10-11H,6-9H2,1H3. The topological polar surface area (TPSA) is 32.3 Å². The summed E-state index contributed by atoms with van der Waals surface area (Å²) in [6, 6.07) is 5.38. The number of nitrogens with zero attached hydrogens (tertiary/aromatic N) is 4. The van der Waals surface area contributed by atoms with Crippen molar-refractivity contribution in [3.05, 3.63) is 47.1 Å². The Morgan fingerprint density at radius 3 is 2.27 bits per heavy atom. The van der Waals surface area contributed by atoms with E-state index in [4.69, 9.17) is 0 Å². The van der Waals surface area contributed by atoms with Crippen molar-refractivity contribution < 1.29 is 13.2 Å². The van der Waals surface area contributed by atoms with E-state index in [2.05, 4.69) is 32.1 Å². The maximum atomic E-state index is 12.7. The van der Waals surface area contributed by atoms with Gasteiger partial charge in [-0.15, -0.1) is 11.3 Å². The third kappa shape index (κ3) is 3.09. The summed E-state index contributed by atoms with van der Waals surface area (Å²) < 4.78 is 38.1. The number of benzene rings is 1. The lowest BCUT2D eigenvalue weighted by molar-refractivity contribution is -0.137. The number of halogens is 3. The van der Waals surface area contributed by atoms with Crippen molar-refractivity contribution in [2.24, 2.45) is 0 Å². The van der Waals surface area contributed by atoms with E-state index in [1.807, 2.05) is 0 Å². The summed E-state index contributed by atoms with van der Waals surface area (Å²) in [5.74, 6) is 0.945. The number of hydrogen-bond acceptors (Lipinski definition) is 5. The summed E-state index contributed by atoms with van der Waals surface area (Å²) >= 11 is 1.61. The van der Waals surface area contributed by atoms with E-state index in [9.17, 15) is 13.2 Å². The van der Waals surface area contributed by atoms with Crippen molar-refractivity contribution in [2.45, 2.75) is 13.1 Å². The van der Waals surface area contributed by atoms with Crippen molar-refractivity contribution in [1.29, 1.82) is 0 Å². The number of anilines is 2. The SMILES string of the molecule is Cc1csc2ncnc(N3CCN(c4ccc(C(F)(F)F)cc4)CC3)c12. The average molecular weight is 378 g/mol. The highest BCUT2D eigenvalue weighted by Gasteiger charge is 2.30. The fourth-order valence-electron chi connectivity index (χ4n) is 3.28. The molecule has 1 aliphatic heterocycles. The molecular weight excluding hydrogens is 361 g/mol. The molecule has 0 radical (unpaired) electrons. The first-order valence-electron chi connectivity index (χ1n) is 8.29. The minimum absolute atomic E-state index is 0.615. The van der Waals surface area contributed by atoms with Gasteiger partial charge in [0.1, 0.15) is 17.0 Å². The zero-order chi connectivity index (χ0) is 18.3. The summed E-state index contributed by atoms with van der Waals surface area (Å²) in [5.41, 5.74) is 1.37. The predicted molar refractivity (Wildman–Crippen MR) is 98.0 cm³/mol. The first-order chi connectivity index (χ1) is 12.4. The van der Waals surface area contributed by atoms with Gasteiger partial charge in [0, 0.05) is 31.9 Å². The largest absolute Gasteiger partial charge is 0.416 e. The number of thiophene rings is 1. The van der Waals surface area contributed by atoms with Crippen LogP contribution in [0, 0.1) is 6.92 Å². The van der Waals surface area contributed by atoms with Crippen LogP contribution < -0.4 is 9.80 Å². The maximum Gasteiger partial charge on any atom is 0.416 e. The Morgan fingerprint density at radius 1 is 0.962 bits per heavy atom. The minimum Gasteiger partial charge on any atom is -0.368 e. The molecule has 0 unspecified atom stereocenters. The molecule has 0 aliphatic carbocycles. The van der Waals surface area contributed by atoms with Gasteiger partial charge in [-0.05, 0) is 42.1 Å². The zero-order valence-corrected chi connectivity index (χ0v) is 14.9. The monoisotopic (exact) mass is 378 g/mol. The van der Waals surface area contributed by atoms with Crippen LogP contribution in [0.3, 0.4) is 0 Å². The van der Waals surface area contributed by atoms with Crippen molar-refractivity contribution in [3.8, 4) is 0 Å². The molecule has 0 spiro atoms. The molecule has 26 heavy (non-hydrogen) atoms. The van der Waals surface area contributed by atoms with Gasteiger partial charge in [-0.25, -0.2) is 9.97 Å². The van der Waals surface area contributed by atoms with Crippen LogP contribution in [0.1, 0.15) is 11.1 Å². The quantitative estimate of drug-likeness (QED) is 0.664. The maximum absolute atomic E-state index is 12.7. The molecule has 0 N–H and O–H groups in total. The second-order valence-electron chi connectivity index (χ2n) is 6.31. The molecule has 1 aromatic carbocycles. The lowest BCUT2D eigenvalue weighted by Gasteiger charge is -2.37. The number of piperazine rings is 1. The van der Waals surface area contributed by atoms with Gasteiger partial charge in [-0.3, -0.25) is 0 Å². The van der Waals surface area contributed by atoms with Crippen LogP contribution in [0.4, 0.5) is 24.7 Å². The van der Waals surface area contributed by atoms with Crippen LogP contribution in [0.15, 0.2) is 36.0 Å². The molecule has 0 bridgehead atoms. The smallest absolute Gasteiger partial charge is 0.368 e. The van der Waals surface area contributed by atoms with Crippen molar-refractivity contribution in [1.82, 2.24) is 9.97 Å². The number of hydrogen-bond donors (Lipinski definition) is 0. The second kappa shape index (κ2) is 6.42. The van der Waals surface area contributed by atoms with Gasteiger partial charge in [-0.2, -0.15) is 13.2 Å². The van der Waals surface area contributed by atoms with Gasteiger partial charge >= 0.3 is 6.18 Å². The number of rotatable bonds is 2. The molecule has 3 heterocycles. The van der Waals surface area contributed by atoms with E-state index < -0.39 is 11.7 Å². The fraction of sp³-hybridized carbons (Fsp3) is 0.333. The van der Waals surface area contributed by atoms with E-state index in [1.54, 1.807) is 29.8 Å². The minimum atomic E-state index is -4.30. The number of fused-ring (bicyclic) bond motifs is 1. The highest BCUT2D eigenvalue weighted by molar-refractivity contribution is 7.17. The molecule has 0 saturated carbocycles. The van der Waals surface area contributed by atoms with Crippen LogP contribution in [-0.4, -0.2) is 36.1 Å². The molecule has 136 valence electrons. The van der Waals surface area contributed by atoms with E-state index in [1.165, 1.54) is 5.56 Å². The highest BCUT2D eigenvalue weighted by atomic mass is 32.1. The Morgan fingerprint density at radius 2 is 1.62 bits per heavy atom. The molecule has 2 aromatic heterocycles. The summed E-state index contributed by atoms with van der Waals surface area (Å²) in [5, 5.41) is 3.18. The molecule has 1 aliphatic rings.